The monoisotopic (exact) mass is 374 g/mol. The van der Waals surface area contributed by atoms with E-state index in [-0.39, 0.29) is 12.0 Å². The summed E-state index contributed by atoms with van der Waals surface area (Å²) in [5, 5.41) is 4.36. The average Bonchev–Trinajstić information content (AvgIpc) is 3.00. The fourth-order valence-corrected chi connectivity index (χ4v) is 3.39. The van der Waals surface area contributed by atoms with Crippen molar-refractivity contribution < 1.29 is 4.79 Å². The summed E-state index contributed by atoms with van der Waals surface area (Å²) in [4.78, 5) is 26.4. The molecule has 9 heteroatoms. The Bertz CT molecular complexity index is 989. The predicted molar refractivity (Wildman–Crippen MR) is 97.9 cm³/mol. The number of rotatable bonds is 2. The van der Waals surface area contributed by atoms with Gasteiger partial charge in [0.15, 0.2) is 5.65 Å². The van der Waals surface area contributed by atoms with Crippen LogP contribution in [0, 0.1) is 0 Å². The lowest BCUT2D eigenvalue weighted by Crippen LogP contribution is -2.29. The molecule has 7 nitrogen and oxygen atoms in total. The van der Waals surface area contributed by atoms with E-state index in [4.69, 9.17) is 28.9 Å². The highest BCUT2D eigenvalue weighted by atomic mass is 35.5. The van der Waals surface area contributed by atoms with E-state index in [2.05, 4.69) is 20.3 Å². The number of hydrogen-bond acceptors (Lipinski definition) is 5. The molecular formula is C16H12Cl2N6O. The van der Waals surface area contributed by atoms with Gasteiger partial charge in [-0.15, -0.1) is 0 Å². The van der Waals surface area contributed by atoms with Crippen LogP contribution in [-0.2, 0) is 0 Å². The van der Waals surface area contributed by atoms with E-state index in [0.717, 1.165) is 0 Å². The molecule has 2 aromatic heterocycles. The number of nitrogens with one attached hydrogen (secondary N) is 1. The summed E-state index contributed by atoms with van der Waals surface area (Å²) in [6, 6.07) is 6.81. The minimum Gasteiger partial charge on any atom is -0.368 e. The molecule has 0 spiro atoms. The zero-order valence-corrected chi connectivity index (χ0v) is 14.3. The van der Waals surface area contributed by atoms with Crippen molar-refractivity contribution in [1.82, 2.24) is 20.3 Å². The van der Waals surface area contributed by atoms with Crippen molar-refractivity contribution >= 4 is 52.0 Å². The van der Waals surface area contributed by atoms with Gasteiger partial charge in [-0.3, -0.25) is 4.90 Å². The number of pyridine rings is 1. The third kappa shape index (κ3) is 2.71. The summed E-state index contributed by atoms with van der Waals surface area (Å²) in [6.45, 7) is 1.01. The molecule has 1 aliphatic heterocycles. The van der Waals surface area contributed by atoms with Crippen molar-refractivity contribution in [2.45, 2.75) is 0 Å². The molecule has 0 aliphatic carbocycles. The van der Waals surface area contributed by atoms with Gasteiger partial charge in [0.2, 0.25) is 5.95 Å². The molecule has 2 amide bonds. The first-order valence-corrected chi connectivity index (χ1v) is 8.23. The number of carbonyl (C=O) groups is 1. The molecule has 126 valence electrons. The minimum atomic E-state index is -0.238. The molecular weight excluding hydrogens is 363 g/mol. The van der Waals surface area contributed by atoms with Crippen LogP contribution in [0.2, 0.25) is 10.0 Å². The van der Waals surface area contributed by atoms with Gasteiger partial charge in [-0.1, -0.05) is 29.3 Å². The third-order valence-electron chi connectivity index (χ3n) is 3.91. The first kappa shape index (κ1) is 15.9. The van der Waals surface area contributed by atoms with Crippen LogP contribution >= 0.6 is 23.2 Å². The Morgan fingerprint density at radius 3 is 2.64 bits per heavy atom. The molecule has 4 rings (SSSR count). The molecule has 0 saturated carbocycles. The van der Waals surface area contributed by atoms with E-state index in [0.29, 0.717) is 51.1 Å². The normalized spacial score (nSPS) is 14.2. The van der Waals surface area contributed by atoms with Gasteiger partial charge in [0.05, 0.1) is 10.0 Å². The van der Waals surface area contributed by atoms with Crippen LogP contribution in [0.25, 0.3) is 22.2 Å². The number of nitrogens with two attached hydrogens (primary N) is 1. The van der Waals surface area contributed by atoms with Crippen LogP contribution in [0.1, 0.15) is 0 Å². The van der Waals surface area contributed by atoms with Gasteiger partial charge in [0.1, 0.15) is 5.82 Å². The first-order valence-electron chi connectivity index (χ1n) is 7.47. The zero-order chi connectivity index (χ0) is 17.6. The van der Waals surface area contributed by atoms with Gasteiger partial charge in [0.25, 0.3) is 0 Å². The van der Waals surface area contributed by atoms with Crippen LogP contribution in [0.4, 0.5) is 16.6 Å². The van der Waals surface area contributed by atoms with Crippen molar-refractivity contribution in [3.8, 4) is 11.1 Å². The Balaban J connectivity index is 2.04. The Morgan fingerprint density at radius 1 is 1.20 bits per heavy atom. The van der Waals surface area contributed by atoms with E-state index in [1.54, 1.807) is 24.4 Å². The molecule has 3 heterocycles. The molecule has 1 aliphatic rings. The molecule has 1 aromatic carbocycles. The summed E-state index contributed by atoms with van der Waals surface area (Å²) in [7, 11) is 0. The Labute approximate surface area is 152 Å². The molecule has 1 fully saturated rings. The fraction of sp³-hybridized carbons (Fsp3) is 0.125. The van der Waals surface area contributed by atoms with E-state index >= 15 is 0 Å². The highest BCUT2D eigenvalue weighted by Crippen LogP contribution is 2.40. The topological polar surface area (TPSA) is 97.0 Å². The Kier molecular flexibility index (Phi) is 3.82. The van der Waals surface area contributed by atoms with Crippen LogP contribution in [-0.4, -0.2) is 34.1 Å². The second-order valence-electron chi connectivity index (χ2n) is 5.48. The first-order chi connectivity index (χ1) is 12.0. The summed E-state index contributed by atoms with van der Waals surface area (Å²) in [5.41, 5.74) is 7.29. The molecule has 0 radical (unpaired) electrons. The van der Waals surface area contributed by atoms with Gasteiger partial charge in [-0.25, -0.2) is 14.8 Å². The summed E-state index contributed by atoms with van der Waals surface area (Å²) >= 11 is 12.7. The van der Waals surface area contributed by atoms with Crippen LogP contribution < -0.4 is 16.0 Å². The molecule has 1 saturated heterocycles. The summed E-state index contributed by atoms with van der Waals surface area (Å²) in [6.07, 6.45) is 1.58. The SMILES string of the molecule is Nc1ncc2cc(-c3c(Cl)cccc3Cl)c(N3CCNC3=O)nc2n1. The number of aromatic nitrogens is 3. The van der Waals surface area contributed by atoms with E-state index in [1.807, 2.05) is 6.07 Å². The van der Waals surface area contributed by atoms with Gasteiger partial charge >= 0.3 is 6.03 Å². The van der Waals surface area contributed by atoms with Crippen LogP contribution in [0.15, 0.2) is 30.5 Å². The lowest BCUT2D eigenvalue weighted by Gasteiger charge is -2.19. The van der Waals surface area contributed by atoms with Crippen molar-refractivity contribution in [3.05, 3.63) is 40.5 Å². The van der Waals surface area contributed by atoms with Crippen molar-refractivity contribution in [3.63, 3.8) is 0 Å². The van der Waals surface area contributed by atoms with Crippen LogP contribution in [0.3, 0.4) is 0 Å². The maximum atomic E-state index is 12.2. The number of amides is 2. The number of anilines is 2. The van der Waals surface area contributed by atoms with E-state index in [1.165, 1.54) is 4.90 Å². The lowest BCUT2D eigenvalue weighted by atomic mass is 10.0. The number of benzene rings is 1. The number of fused-ring (bicyclic) bond motifs is 1. The highest BCUT2D eigenvalue weighted by Gasteiger charge is 2.27. The van der Waals surface area contributed by atoms with E-state index < -0.39 is 0 Å². The highest BCUT2D eigenvalue weighted by molar-refractivity contribution is 6.39. The molecule has 3 N–H and O–H groups in total. The average molecular weight is 375 g/mol. The number of nitrogen functional groups attached to an aromatic ring is 1. The quantitative estimate of drug-likeness (QED) is 0.717. The number of urea groups is 1. The second-order valence-corrected chi connectivity index (χ2v) is 6.30. The minimum absolute atomic E-state index is 0.111. The summed E-state index contributed by atoms with van der Waals surface area (Å²) < 4.78 is 0. The smallest absolute Gasteiger partial charge is 0.323 e. The van der Waals surface area contributed by atoms with Crippen molar-refractivity contribution in [1.29, 1.82) is 0 Å². The maximum Gasteiger partial charge on any atom is 0.323 e. The van der Waals surface area contributed by atoms with Gasteiger partial charge in [-0.05, 0) is 18.2 Å². The standard InChI is InChI=1S/C16H12Cl2N6O/c17-10-2-1-3-11(18)12(10)9-6-8-7-21-15(19)23-13(8)22-14(9)24-5-4-20-16(24)25/h1-3,6-7H,4-5H2,(H,20,25)(H2,19,21,22,23). The maximum absolute atomic E-state index is 12.2. The van der Waals surface area contributed by atoms with E-state index in [9.17, 15) is 4.79 Å². The van der Waals surface area contributed by atoms with Gasteiger partial charge < -0.3 is 11.1 Å². The molecule has 25 heavy (non-hydrogen) atoms. The lowest BCUT2D eigenvalue weighted by molar-refractivity contribution is 0.252. The number of nitrogens with zero attached hydrogens (tertiary/aromatic N) is 4. The number of hydrogen-bond donors (Lipinski definition) is 2. The van der Waals surface area contributed by atoms with Crippen molar-refractivity contribution in [2.24, 2.45) is 0 Å². The predicted octanol–water partition coefficient (Wildman–Crippen LogP) is 3.11. The number of halogens is 2. The Morgan fingerprint density at radius 2 is 1.96 bits per heavy atom. The molecule has 0 atom stereocenters. The Hall–Kier alpha value is -2.64. The molecule has 0 unspecified atom stereocenters. The molecule has 0 bridgehead atoms. The third-order valence-corrected chi connectivity index (χ3v) is 4.54. The fourth-order valence-electron chi connectivity index (χ4n) is 2.79. The zero-order valence-electron chi connectivity index (χ0n) is 12.8. The van der Waals surface area contributed by atoms with Gasteiger partial charge in [-0.2, -0.15) is 4.98 Å². The number of carbonyl (C=O) groups excluding carboxylic acids is 1. The summed E-state index contributed by atoms with van der Waals surface area (Å²) in [5.74, 6) is 0.538. The van der Waals surface area contributed by atoms with Gasteiger partial charge in [0, 0.05) is 35.8 Å². The second kappa shape index (κ2) is 6.02. The molecule has 3 aromatic rings. The van der Waals surface area contributed by atoms with Crippen molar-refractivity contribution in [2.75, 3.05) is 23.7 Å². The van der Waals surface area contributed by atoms with Crippen LogP contribution in [0.5, 0.6) is 0 Å². The largest absolute Gasteiger partial charge is 0.368 e.